The van der Waals surface area contributed by atoms with E-state index in [2.05, 4.69) is 20.1 Å². The van der Waals surface area contributed by atoms with Crippen molar-refractivity contribution < 1.29 is 13.2 Å². The molecule has 174 valence electrons. The molecule has 4 rings (SSSR count). The van der Waals surface area contributed by atoms with Gasteiger partial charge in [-0.3, -0.25) is 9.10 Å². The fourth-order valence-corrected chi connectivity index (χ4v) is 6.78. The topological polar surface area (TPSA) is 97.2 Å². The number of benzene rings is 1. The van der Waals surface area contributed by atoms with E-state index in [0.717, 1.165) is 29.4 Å². The van der Waals surface area contributed by atoms with Crippen LogP contribution in [0.1, 0.15) is 66.8 Å². The van der Waals surface area contributed by atoms with Gasteiger partial charge < -0.3 is 9.88 Å². The first kappa shape index (κ1) is 23.1. The van der Waals surface area contributed by atoms with E-state index in [0.29, 0.717) is 30.3 Å². The number of hydrogen-bond acceptors (Lipinski definition) is 6. The summed E-state index contributed by atoms with van der Waals surface area (Å²) < 4.78 is 27.9. The number of aryl methyl sites for hydroxylation is 1. The number of carbonyl (C=O) groups is 1. The molecule has 0 saturated heterocycles. The number of rotatable bonds is 8. The summed E-state index contributed by atoms with van der Waals surface area (Å²) in [6, 6.07) is 5.61. The van der Waals surface area contributed by atoms with Crippen LogP contribution in [0.25, 0.3) is 0 Å². The minimum atomic E-state index is -3.33. The summed E-state index contributed by atoms with van der Waals surface area (Å²) in [7, 11) is -3.33. The molecule has 0 radical (unpaired) electrons. The van der Waals surface area contributed by atoms with Gasteiger partial charge in [-0.25, -0.2) is 8.42 Å². The van der Waals surface area contributed by atoms with E-state index in [1.165, 1.54) is 36.2 Å². The highest BCUT2D eigenvalue weighted by atomic mass is 32.2. The minimum absolute atomic E-state index is 0.137. The van der Waals surface area contributed by atoms with Crippen molar-refractivity contribution in [2.24, 2.45) is 0 Å². The van der Waals surface area contributed by atoms with Crippen LogP contribution in [0.2, 0.25) is 0 Å². The molecule has 1 amide bonds. The van der Waals surface area contributed by atoms with Crippen molar-refractivity contribution in [1.29, 1.82) is 0 Å². The Morgan fingerprint density at radius 2 is 2.00 bits per heavy atom. The van der Waals surface area contributed by atoms with Crippen molar-refractivity contribution >= 4 is 33.4 Å². The SMILES string of the molecule is CSc1nnc(CCCNC(=O)c2ccc3c(c2)C[C@H](C)N3S(C)(=O)=O)n1C1CCCC1. The first-order chi connectivity index (χ1) is 15.3. The predicted molar refractivity (Wildman–Crippen MR) is 127 cm³/mol. The smallest absolute Gasteiger partial charge is 0.251 e. The molecule has 2 aromatic rings. The normalized spacial score (nSPS) is 18.8. The Labute approximate surface area is 194 Å². The summed E-state index contributed by atoms with van der Waals surface area (Å²) in [5.41, 5.74) is 2.13. The predicted octanol–water partition coefficient (Wildman–Crippen LogP) is 3.19. The van der Waals surface area contributed by atoms with E-state index in [1.807, 2.05) is 19.2 Å². The van der Waals surface area contributed by atoms with Crippen LogP contribution in [0.5, 0.6) is 0 Å². The van der Waals surface area contributed by atoms with Crippen LogP contribution in [-0.4, -0.2) is 54.2 Å². The minimum Gasteiger partial charge on any atom is -0.352 e. The summed E-state index contributed by atoms with van der Waals surface area (Å²) in [5.74, 6) is 0.864. The maximum atomic E-state index is 12.7. The van der Waals surface area contributed by atoms with Crippen LogP contribution in [0.15, 0.2) is 23.4 Å². The van der Waals surface area contributed by atoms with Gasteiger partial charge >= 0.3 is 0 Å². The summed E-state index contributed by atoms with van der Waals surface area (Å²) in [6.45, 7) is 2.43. The molecule has 1 saturated carbocycles. The van der Waals surface area contributed by atoms with Crippen LogP contribution < -0.4 is 9.62 Å². The molecule has 32 heavy (non-hydrogen) atoms. The number of nitrogens with one attached hydrogen (secondary N) is 1. The highest BCUT2D eigenvalue weighted by Gasteiger charge is 2.32. The fourth-order valence-electron chi connectivity index (χ4n) is 4.95. The Bertz CT molecular complexity index is 1090. The number of sulfonamides is 1. The third-order valence-corrected chi connectivity index (χ3v) is 8.24. The number of amides is 1. The maximum absolute atomic E-state index is 12.7. The van der Waals surface area contributed by atoms with Gasteiger partial charge in [0, 0.05) is 30.6 Å². The highest BCUT2D eigenvalue weighted by Crippen LogP contribution is 2.35. The Kier molecular flexibility index (Phi) is 6.80. The molecule has 1 aromatic heterocycles. The number of aromatic nitrogens is 3. The van der Waals surface area contributed by atoms with Crippen molar-refractivity contribution in [3.63, 3.8) is 0 Å². The molecule has 8 nitrogen and oxygen atoms in total. The molecule has 1 fully saturated rings. The standard InChI is InChI=1S/C22H31N5O3S2/c1-15-13-17-14-16(10-11-19(17)27(15)32(3,29)30)21(28)23-12-6-9-20-24-25-22(31-2)26(20)18-7-4-5-8-18/h10-11,14-15,18H,4-9,12-13H2,1-3H3,(H,23,28)/t15-/m0/s1. The molecule has 1 atom stereocenters. The highest BCUT2D eigenvalue weighted by molar-refractivity contribution is 7.98. The number of hydrogen-bond donors (Lipinski definition) is 1. The first-order valence-corrected chi connectivity index (χ1v) is 14.2. The Morgan fingerprint density at radius 1 is 1.25 bits per heavy atom. The number of fused-ring (bicyclic) bond motifs is 1. The van der Waals surface area contributed by atoms with Gasteiger partial charge in [0.05, 0.1) is 11.9 Å². The van der Waals surface area contributed by atoms with Crippen LogP contribution in [0.3, 0.4) is 0 Å². The second-order valence-corrected chi connectivity index (χ2v) is 11.4. The van der Waals surface area contributed by atoms with Gasteiger partial charge in [0.15, 0.2) is 5.16 Å². The summed E-state index contributed by atoms with van der Waals surface area (Å²) in [6.07, 6.45) is 10.3. The molecule has 2 aliphatic rings. The van der Waals surface area contributed by atoms with Crippen molar-refractivity contribution in [1.82, 2.24) is 20.1 Å². The third-order valence-electron chi connectivity index (χ3n) is 6.32. The fraction of sp³-hybridized carbons (Fsp3) is 0.591. The van der Waals surface area contributed by atoms with Gasteiger partial charge in [-0.15, -0.1) is 10.2 Å². The van der Waals surface area contributed by atoms with Crippen LogP contribution in [0.4, 0.5) is 5.69 Å². The molecule has 2 heterocycles. The van der Waals surface area contributed by atoms with Gasteiger partial charge in [0.2, 0.25) is 10.0 Å². The summed E-state index contributed by atoms with van der Waals surface area (Å²) in [5, 5.41) is 12.7. The van der Waals surface area contributed by atoms with Gasteiger partial charge in [-0.05, 0) is 62.6 Å². The van der Waals surface area contributed by atoms with E-state index in [4.69, 9.17) is 0 Å². The number of carbonyl (C=O) groups excluding carboxylic acids is 1. The lowest BCUT2D eigenvalue weighted by atomic mass is 10.1. The van der Waals surface area contributed by atoms with E-state index >= 15 is 0 Å². The van der Waals surface area contributed by atoms with E-state index in [1.54, 1.807) is 23.9 Å². The zero-order chi connectivity index (χ0) is 22.9. The Balaban J connectivity index is 1.35. The third kappa shape index (κ3) is 4.66. The zero-order valence-corrected chi connectivity index (χ0v) is 20.5. The number of thioether (sulfide) groups is 1. The lowest BCUT2D eigenvalue weighted by Gasteiger charge is -2.21. The molecule has 10 heteroatoms. The molecule has 1 N–H and O–H groups in total. The van der Waals surface area contributed by atoms with Gasteiger partial charge in [0.1, 0.15) is 5.82 Å². The Morgan fingerprint density at radius 3 is 2.69 bits per heavy atom. The van der Waals surface area contributed by atoms with E-state index < -0.39 is 10.0 Å². The maximum Gasteiger partial charge on any atom is 0.251 e. The van der Waals surface area contributed by atoms with Crippen LogP contribution >= 0.6 is 11.8 Å². The Hall–Kier alpha value is -2.07. The zero-order valence-electron chi connectivity index (χ0n) is 18.9. The lowest BCUT2D eigenvalue weighted by molar-refractivity contribution is 0.0953. The molecule has 0 spiro atoms. The van der Waals surface area contributed by atoms with Crippen molar-refractivity contribution in [2.45, 2.75) is 69.1 Å². The molecule has 1 aliphatic heterocycles. The first-order valence-electron chi connectivity index (χ1n) is 11.2. The average molecular weight is 478 g/mol. The molecule has 0 unspecified atom stereocenters. The second-order valence-electron chi connectivity index (χ2n) is 8.73. The molecular formula is C22H31N5O3S2. The number of nitrogens with zero attached hydrogens (tertiary/aromatic N) is 4. The van der Waals surface area contributed by atoms with Gasteiger partial charge in [-0.1, -0.05) is 24.6 Å². The molecule has 1 aromatic carbocycles. The monoisotopic (exact) mass is 477 g/mol. The molecule has 1 aliphatic carbocycles. The van der Waals surface area contributed by atoms with E-state index in [9.17, 15) is 13.2 Å². The summed E-state index contributed by atoms with van der Waals surface area (Å²) >= 11 is 1.63. The average Bonchev–Trinajstić information content (AvgIpc) is 3.46. The summed E-state index contributed by atoms with van der Waals surface area (Å²) in [4.78, 5) is 12.7. The van der Waals surface area contributed by atoms with Crippen molar-refractivity contribution in [2.75, 3.05) is 23.4 Å². The molecule has 0 bridgehead atoms. The lowest BCUT2D eigenvalue weighted by Crippen LogP contribution is -2.34. The quantitative estimate of drug-likeness (QED) is 0.463. The number of anilines is 1. The largest absolute Gasteiger partial charge is 0.352 e. The van der Waals surface area contributed by atoms with Crippen LogP contribution in [0, 0.1) is 0 Å². The van der Waals surface area contributed by atoms with Crippen molar-refractivity contribution in [3.05, 3.63) is 35.2 Å². The van der Waals surface area contributed by atoms with Crippen molar-refractivity contribution in [3.8, 4) is 0 Å². The molecular weight excluding hydrogens is 446 g/mol. The van der Waals surface area contributed by atoms with Gasteiger partial charge in [-0.2, -0.15) is 0 Å². The second kappa shape index (κ2) is 9.43. The van der Waals surface area contributed by atoms with Gasteiger partial charge in [0.25, 0.3) is 5.91 Å². The van der Waals surface area contributed by atoms with E-state index in [-0.39, 0.29) is 11.9 Å². The van der Waals surface area contributed by atoms with Crippen LogP contribution in [-0.2, 0) is 22.9 Å².